The predicted molar refractivity (Wildman–Crippen MR) is 82.3 cm³/mol. The van der Waals surface area contributed by atoms with E-state index >= 15 is 0 Å². The van der Waals surface area contributed by atoms with Crippen molar-refractivity contribution in [3.05, 3.63) is 35.9 Å². The lowest BCUT2D eigenvalue weighted by molar-refractivity contribution is -0.122. The molecule has 0 aromatic heterocycles. The lowest BCUT2D eigenvalue weighted by Gasteiger charge is -2.29. The molecule has 0 heterocycles. The van der Waals surface area contributed by atoms with Crippen LogP contribution in [0.4, 0.5) is 0 Å². The zero-order valence-electron chi connectivity index (χ0n) is 12.3. The summed E-state index contributed by atoms with van der Waals surface area (Å²) in [4.78, 5) is 12.1. The Morgan fingerprint density at radius 1 is 1.30 bits per heavy atom. The number of carbonyl (C=O) groups is 1. The molecule has 0 bridgehead atoms. The Balaban J connectivity index is 1.76. The van der Waals surface area contributed by atoms with Crippen LogP contribution >= 0.6 is 0 Å². The van der Waals surface area contributed by atoms with Crippen molar-refractivity contribution in [1.82, 2.24) is 5.32 Å². The predicted octanol–water partition coefficient (Wildman–Crippen LogP) is 2.50. The topological polar surface area (TPSA) is 55.1 Å². The Morgan fingerprint density at radius 3 is 2.70 bits per heavy atom. The van der Waals surface area contributed by atoms with E-state index in [1.54, 1.807) is 0 Å². The van der Waals surface area contributed by atoms with E-state index in [4.69, 9.17) is 5.73 Å². The quantitative estimate of drug-likeness (QED) is 0.866. The Hall–Kier alpha value is -1.35. The van der Waals surface area contributed by atoms with E-state index in [9.17, 15) is 4.79 Å². The summed E-state index contributed by atoms with van der Waals surface area (Å²) in [5.41, 5.74) is 7.10. The van der Waals surface area contributed by atoms with Crippen LogP contribution in [0.2, 0.25) is 0 Å². The lowest BCUT2D eigenvalue weighted by Crippen LogP contribution is -2.44. The van der Waals surface area contributed by atoms with Gasteiger partial charge in [0.1, 0.15) is 0 Å². The highest BCUT2D eigenvalue weighted by molar-refractivity contribution is 5.81. The Bertz CT molecular complexity index is 418. The van der Waals surface area contributed by atoms with Gasteiger partial charge in [0.2, 0.25) is 5.91 Å². The van der Waals surface area contributed by atoms with Crippen molar-refractivity contribution in [1.29, 1.82) is 0 Å². The average Bonchev–Trinajstić information content (AvgIpc) is 2.47. The van der Waals surface area contributed by atoms with Gasteiger partial charge < -0.3 is 11.1 Å². The van der Waals surface area contributed by atoms with E-state index < -0.39 is 6.04 Å². The van der Waals surface area contributed by atoms with Gasteiger partial charge >= 0.3 is 0 Å². The standard InChI is InChI=1S/C17H26N2O/c1-13-7-5-6-10-15(13)12-19-17(20)16(18)11-14-8-3-2-4-9-14/h2-4,8-9,13,15-16H,5-7,10-12,18H2,1H3,(H,19,20)/t13?,15?,16-/m1/s1. The van der Waals surface area contributed by atoms with Gasteiger partial charge in [-0.05, 0) is 30.2 Å². The summed E-state index contributed by atoms with van der Waals surface area (Å²) in [5, 5.41) is 3.04. The van der Waals surface area contributed by atoms with E-state index in [0.29, 0.717) is 12.3 Å². The van der Waals surface area contributed by atoms with Gasteiger partial charge in [0.15, 0.2) is 0 Å². The molecular formula is C17H26N2O. The number of rotatable bonds is 5. The van der Waals surface area contributed by atoms with Gasteiger partial charge in [0, 0.05) is 6.54 Å². The van der Waals surface area contributed by atoms with Crippen LogP contribution < -0.4 is 11.1 Å². The number of hydrogen-bond acceptors (Lipinski definition) is 2. The Labute approximate surface area is 121 Å². The molecule has 3 heteroatoms. The first-order valence-electron chi connectivity index (χ1n) is 7.74. The molecule has 0 saturated heterocycles. The van der Waals surface area contributed by atoms with Gasteiger partial charge in [-0.2, -0.15) is 0 Å². The fraction of sp³-hybridized carbons (Fsp3) is 0.588. The number of benzene rings is 1. The molecule has 0 spiro atoms. The maximum absolute atomic E-state index is 12.1. The van der Waals surface area contributed by atoms with Crippen molar-refractivity contribution < 1.29 is 4.79 Å². The number of carbonyl (C=O) groups excluding carboxylic acids is 1. The highest BCUT2D eigenvalue weighted by atomic mass is 16.2. The molecule has 20 heavy (non-hydrogen) atoms. The molecule has 110 valence electrons. The molecule has 1 aliphatic rings. The molecule has 2 unspecified atom stereocenters. The molecule has 1 fully saturated rings. The number of nitrogens with one attached hydrogen (secondary N) is 1. The highest BCUT2D eigenvalue weighted by Gasteiger charge is 2.22. The van der Waals surface area contributed by atoms with Crippen LogP contribution in [0.3, 0.4) is 0 Å². The van der Waals surface area contributed by atoms with E-state index in [1.807, 2.05) is 30.3 Å². The number of nitrogens with two attached hydrogens (primary N) is 1. The van der Waals surface area contributed by atoms with Crippen LogP contribution in [0.5, 0.6) is 0 Å². The molecule has 1 aromatic rings. The van der Waals surface area contributed by atoms with Crippen LogP contribution in [0.25, 0.3) is 0 Å². The molecule has 0 aliphatic heterocycles. The summed E-state index contributed by atoms with van der Waals surface area (Å²) in [7, 11) is 0. The summed E-state index contributed by atoms with van der Waals surface area (Å²) in [5.74, 6) is 1.32. The van der Waals surface area contributed by atoms with Gasteiger partial charge in [0.25, 0.3) is 0 Å². The van der Waals surface area contributed by atoms with E-state index in [0.717, 1.165) is 18.0 Å². The molecule has 1 aromatic carbocycles. The zero-order chi connectivity index (χ0) is 14.4. The van der Waals surface area contributed by atoms with E-state index in [1.165, 1.54) is 25.7 Å². The van der Waals surface area contributed by atoms with Crippen LogP contribution in [-0.2, 0) is 11.2 Å². The number of amides is 1. The van der Waals surface area contributed by atoms with Crippen LogP contribution in [-0.4, -0.2) is 18.5 Å². The summed E-state index contributed by atoms with van der Waals surface area (Å²) in [6.07, 6.45) is 5.75. The van der Waals surface area contributed by atoms with Gasteiger partial charge in [-0.1, -0.05) is 56.5 Å². The van der Waals surface area contributed by atoms with E-state index in [-0.39, 0.29) is 5.91 Å². The minimum atomic E-state index is -0.448. The summed E-state index contributed by atoms with van der Waals surface area (Å²) >= 11 is 0. The van der Waals surface area contributed by atoms with Crippen molar-refractivity contribution in [2.75, 3.05) is 6.54 Å². The first-order valence-corrected chi connectivity index (χ1v) is 7.74. The zero-order valence-corrected chi connectivity index (χ0v) is 12.3. The first kappa shape index (κ1) is 15.0. The highest BCUT2D eigenvalue weighted by Crippen LogP contribution is 2.28. The number of hydrogen-bond donors (Lipinski definition) is 2. The summed E-state index contributed by atoms with van der Waals surface area (Å²) in [6.45, 7) is 3.07. The smallest absolute Gasteiger partial charge is 0.237 e. The van der Waals surface area contributed by atoms with Gasteiger partial charge in [-0.15, -0.1) is 0 Å². The monoisotopic (exact) mass is 274 g/mol. The van der Waals surface area contributed by atoms with Crippen molar-refractivity contribution >= 4 is 5.91 Å². The fourth-order valence-corrected chi connectivity index (χ4v) is 3.02. The van der Waals surface area contributed by atoms with Crippen LogP contribution in [0, 0.1) is 11.8 Å². The molecule has 3 N–H and O–H groups in total. The minimum absolute atomic E-state index is 0.0216. The molecule has 1 saturated carbocycles. The third-order valence-corrected chi connectivity index (χ3v) is 4.46. The van der Waals surface area contributed by atoms with Crippen molar-refractivity contribution in [2.24, 2.45) is 17.6 Å². The Morgan fingerprint density at radius 2 is 2.00 bits per heavy atom. The molecule has 1 aliphatic carbocycles. The third kappa shape index (κ3) is 4.34. The second-order valence-corrected chi connectivity index (χ2v) is 6.06. The van der Waals surface area contributed by atoms with Gasteiger partial charge in [-0.3, -0.25) is 4.79 Å². The molecular weight excluding hydrogens is 248 g/mol. The third-order valence-electron chi connectivity index (χ3n) is 4.46. The molecule has 3 atom stereocenters. The van der Waals surface area contributed by atoms with Crippen molar-refractivity contribution in [3.8, 4) is 0 Å². The van der Waals surface area contributed by atoms with Crippen LogP contribution in [0.15, 0.2) is 30.3 Å². The average molecular weight is 274 g/mol. The molecule has 0 radical (unpaired) electrons. The molecule has 1 amide bonds. The largest absolute Gasteiger partial charge is 0.354 e. The summed E-state index contributed by atoms with van der Waals surface area (Å²) < 4.78 is 0. The normalized spacial score (nSPS) is 24.1. The minimum Gasteiger partial charge on any atom is -0.354 e. The van der Waals surface area contributed by atoms with Gasteiger partial charge in [-0.25, -0.2) is 0 Å². The summed E-state index contributed by atoms with van der Waals surface area (Å²) in [6, 6.07) is 9.50. The van der Waals surface area contributed by atoms with Gasteiger partial charge in [0.05, 0.1) is 6.04 Å². The second-order valence-electron chi connectivity index (χ2n) is 6.06. The van der Waals surface area contributed by atoms with Crippen molar-refractivity contribution in [3.63, 3.8) is 0 Å². The molecule has 2 rings (SSSR count). The van der Waals surface area contributed by atoms with Crippen molar-refractivity contribution in [2.45, 2.75) is 45.1 Å². The first-order chi connectivity index (χ1) is 9.66. The Kier molecular flexibility index (Phi) is 5.60. The van der Waals surface area contributed by atoms with Crippen LogP contribution in [0.1, 0.15) is 38.2 Å². The SMILES string of the molecule is CC1CCCCC1CNC(=O)[C@H](N)Cc1ccccc1. The van der Waals surface area contributed by atoms with E-state index in [2.05, 4.69) is 12.2 Å². The molecule has 3 nitrogen and oxygen atoms in total. The fourth-order valence-electron chi connectivity index (χ4n) is 3.02. The lowest BCUT2D eigenvalue weighted by atomic mass is 9.80. The second kappa shape index (κ2) is 7.44. The maximum atomic E-state index is 12.1. The maximum Gasteiger partial charge on any atom is 0.237 e.